The molecule has 0 aliphatic carbocycles. The molecule has 2 aromatic carbocycles. The maximum absolute atomic E-state index is 13.3. The van der Waals surface area contributed by atoms with Crippen LogP contribution in [0, 0.1) is 0 Å². The summed E-state index contributed by atoms with van der Waals surface area (Å²) < 4.78 is 16.7. The van der Waals surface area contributed by atoms with Gasteiger partial charge in [0, 0.05) is 18.5 Å². The van der Waals surface area contributed by atoms with E-state index in [0.29, 0.717) is 30.2 Å². The van der Waals surface area contributed by atoms with Crippen molar-refractivity contribution in [3.63, 3.8) is 0 Å². The summed E-state index contributed by atoms with van der Waals surface area (Å²) in [4.78, 5) is 15.2. The lowest BCUT2D eigenvalue weighted by molar-refractivity contribution is -0.0821. The van der Waals surface area contributed by atoms with E-state index in [4.69, 9.17) is 14.2 Å². The number of carbonyl (C=O) groups is 1. The Morgan fingerprint density at radius 2 is 1.81 bits per heavy atom. The van der Waals surface area contributed by atoms with E-state index in [-0.39, 0.29) is 17.6 Å². The predicted octanol–water partition coefficient (Wildman–Crippen LogP) is 3.57. The van der Waals surface area contributed by atoms with Crippen LogP contribution in [-0.4, -0.2) is 49.8 Å². The van der Waals surface area contributed by atoms with Crippen LogP contribution in [0.1, 0.15) is 29.8 Å². The van der Waals surface area contributed by atoms with Crippen molar-refractivity contribution in [2.75, 3.05) is 27.4 Å². The Balaban J connectivity index is 1.80. The molecule has 1 unspecified atom stereocenters. The Kier molecular flexibility index (Phi) is 5.71. The summed E-state index contributed by atoms with van der Waals surface area (Å²) in [6.07, 6.45) is 0.761. The SMILES string of the molecule is COc1ccc(C(=O)N2CC(Cc3ccccc3)OCC2(C)C)cc1OC. The van der Waals surface area contributed by atoms with E-state index in [1.54, 1.807) is 32.4 Å². The third-order valence-corrected chi connectivity index (χ3v) is 4.97. The summed E-state index contributed by atoms with van der Waals surface area (Å²) in [5, 5.41) is 0. The van der Waals surface area contributed by atoms with Crippen molar-refractivity contribution in [1.29, 1.82) is 0 Å². The van der Waals surface area contributed by atoms with Crippen molar-refractivity contribution in [1.82, 2.24) is 4.90 Å². The molecule has 5 heteroatoms. The van der Waals surface area contributed by atoms with Crippen molar-refractivity contribution < 1.29 is 19.0 Å². The number of benzene rings is 2. The lowest BCUT2D eigenvalue weighted by atomic mass is 9.97. The summed E-state index contributed by atoms with van der Waals surface area (Å²) in [6, 6.07) is 15.5. The Hall–Kier alpha value is -2.53. The van der Waals surface area contributed by atoms with Gasteiger partial charge in [0.05, 0.1) is 32.5 Å². The van der Waals surface area contributed by atoms with Gasteiger partial charge < -0.3 is 19.1 Å². The van der Waals surface area contributed by atoms with Crippen molar-refractivity contribution in [2.45, 2.75) is 31.9 Å². The molecule has 27 heavy (non-hydrogen) atoms. The minimum Gasteiger partial charge on any atom is -0.493 e. The number of hydrogen-bond acceptors (Lipinski definition) is 4. The number of nitrogens with zero attached hydrogens (tertiary/aromatic N) is 1. The zero-order chi connectivity index (χ0) is 19.4. The van der Waals surface area contributed by atoms with Crippen molar-refractivity contribution in [3.8, 4) is 11.5 Å². The molecule has 5 nitrogen and oxygen atoms in total. The number of ether oxygens (including phenoxy) is 3. The fourth-order valence-electron chi connectivity index (χ4n) is 3.39. The first-order valence-electron chi connectivity index (χ1n) is 9.14. The summed E-state index contributed by atoms with van der Waals surface area (Å²) in [7, 11) is 3.15. The highest BCUT2D eigenvalue weighted by atomic mass is 16.5. The van der Waals surface area contributed by atoms with Crippen LogP contribution in [0.4, 0.5) is 0 Å². The molecule has 1 aliphatic heterocycles. The highest BCUT2D eigenvalue weighted by Gasteiger charge is 2.38. The lowest BCUT2D eigenvalue weighted by Crippen LogP contribution is -2.58. The Bertz CT molecular complexity index is 788. The first-order valence-corrected chi connectivity index (χ1v) is 9.14. The van der Waals surface area contributed by atoms with Crippen LogP contribution in [-0.2, 0) is 11.2 Å². The van der Waals surface area contributed by atoms with Gasteiger partial charge in [-0.2, -0.15) is 0 Å². The molecule has 0 aromatic heterocycles. The largest absolute Gasteiger partial charge is 0.493 e. The third-order valence-electron chi connectivity index (χ3n) is 4.97. The van der Waals surface area contributed by atoms with Crippen molar-refractivity contribution in [3.05, 3.63) is 59.7 Å². The van der Waals surface area contributed by atoms with Gasteiger partial charge in [-0.05, 0) is 37.6 Å². The Morgan fingerprint density at radius 1 is 1.11 bits per heavy atom. The molecule has 1 fully saturated rings. The lowest BCUT2D eigenvalue weighted by Gasteiger charge is -2.45. The average molecular weight is 369 g/mol. The topological polar surface area (TPSA) is 48.0 Å². The van der Waals surface area contributed by atoms with E-state index in [9.17, 15) is 4.79 Å². The molecule has 2 aromatic rings. The van der Waals surface area contributed by atoms with Gasteiger partial charge in [-0.15, -0.1) is 0 Å². The molecule has 1 atom stereocenters. The van der Waals surface area contributed by atoms with Gasteiger partial charge in [0.25, 0.3) is 5.91 Å². The molecule has 1 amide bonds. The van der Waals surface area contributed by atoms with Crippen LogP contribution in [0.2, 0.25) is 0 Å². The summed E-state index contributed by atoms with van der Waals surface area (Å²) >= 11 is 0. The maximum atomic E-state index is 13.3. The minimum absolute atomic E-state index is 0.0236. The van der Waals surface area contributed by atoms with Gasteiger partial charge in [0.15, 0.2) is 11.5 Å². The molecule has 0 saturated carbocycles. The molecular weight excluding hydrogens is 342 g/mol. The fourth-order valence-corrected chi connectivity index (χ4v) is 3.39. The van der Waals surface area contributed by atoms with Gasteiger partial charge in [-0.3, -0.25) is 4.79 Å². The van der Waals surface area contributed by atoms with Crippen LogP contribution < -0.4 is 9.47 Å². The van der Waals surface area contributed by atoms with Crippen LogP contribution in [0.3, 0.4) is 0 Å². The normalized spacial score (nSPS) is 18.8. The average Bonchev–Trinajstić information content (AvgIpc) is 2.69. The second-order valence-electron chi connectivity index (χ2n) is 7.42. The van der Waals surface area contributed by atoms with Crippen molar-refractivity contribution in [2.24, 2.45) is 0 Å². The highest BCUT2D eigenvalue weighted by molar-refractivity contribution is 5.95. The Labute approximate surface area is 160 Å². The number of rotatable bonds is 5. The van der Waals surface area contributed by atoms with E-state index in [1.165, 1.54) is 5.56 Å². The molecule has 3 rings (SSSR count). The van der Waals surface area contributed by atoms with Crippen LogP contribution in [0.25, 0.3) is 0 Å². The number of hydrogen-bond donors (Lipinski definition) is 0. The number of amides is 1. The van der Waals surface area contributed by atoms with Gasteiger partial charge in [0.2, 0.25) is 0 Å². The van der Waals surface area contributed by atoms with E-state index in [2.05, 4.69) is 12.1 Å². The van der Waals surface area contributed by atoms with E-state index in [1.807, 2.05) is 36.9 Å². The molecule has 0 radical (unpaired) electrons. The number of carbonyl (C=O) groups excluding carboxylic acids is 1. The zero-order valence-corrected chi connectivity index (χ0v) is 16.4. The first kappa shape index (κ1) is 19.2. The van der Waals surface area contributed by atoms with Gasteiger partial charge >= 0.3 is 0 Å². The zero-order valence-electron chi connectivity index (χ0n) is 16.4. The minimum atomic E-state index is -0.378. The third kappa shape index (κ3) is 4.25. The van der Waals surface area contributed by atoms with Crippen LogP contribution in [0.15, 0.2) is 48.5 Å². The molecule has 1 heterocycles. The molecule has 0 bridgehead atoms. The van der Waals surface area contributed by atoms with E-state index in [0.717, 1.165) is 6.42 Å². The monoisotopic (exact) mass is 369 g/mol. The smallest absolute Gasteiger partial charge is 0.254 e. The fraction of sp³-hybridized carbons (Fsp3) is 0.409. The van der Waals surface area contributed by atoms with Gasteiger partial charge in [-0.25, -0.2) is 0 Å². The van der Waals surface area contributed by atoms with Gasteiger partial charge in [-0.1, -0.05) is 30.3 Å². The van der Waals surface area contributed by atoms with E-state index >= 15 is 0 Å². The van der Waals surface area contributed by atoms with Gasteiger partial charge in [0.1, 0.15) is 0 Å². The Morgan fingerprint density at radius 3 is 2.48 bits per heavy atom. The maximum Gasteiger partial charge on any atom is 0.254 e. The number of methoxy groups -OCH3 is 2. The van der Waals surface area contributed by atoms with Crippen LogP contribution >= 0.6 is 0 Å². The predicted molar refractivity (Wildman–Crippen MR) is 105 cm³/mol. The van der Waals surface area contributed by atoms with E-state index < -0.39 is 0 Å². The second kappa shape index (κ2) is 8.01. The molecule has 0 spiro atoms. The molecule has 0 N–H and O–H groups in total. The highest BCUT2D eigenvalue weighted by Crippen LogP contribution is 2.31. The summed E-state index contributed by atoms with van der Waals surface area (Å²) in [5.41, 5.74) is 1.42. The molecule has 1 saturated heterocycles. The molecular formula is C22H27NO4. The standard InChI is InChI=1S/C22H27NO4/c1-22(2)15-27-18(12-16-8-6-5-7-9-16)14-23(22)21(24)17-10-11-19(25-3)20(13-17)26-4/h5-11,13,18H,12,14-15H2,1-4H3. The summed E-state index contributed by atoms with van der Waals surface area (Å²) in [6.45, 7) is 5.12. The second-order valence-corrected chi connectivity index (χ2v) is 7.42. The quantitative estimate of drug-likeness (QED) is 0.808. The molecule has 1 aliphatic rings. The first-order chi connectivity index (χ1) is 12.9. The number of morpholine rings is 1. The summed E-state index contributed by atoms with van der Waals surface area (Å²) in [5.74, 6) is 1.13. The molecule has 144 valence electrons. The van der Waals surface area contributed by atoms with Crippen molar-refractivity contribution >= 4 is 5.91 Å². The van der Waals surface area contributed by atoms with Crippen LogP contribution in [0.5, 0.6) is 11.5 Å².